The third-order valence-corrected chi connectivity index (χ3v) is 9.59. The number of fused-ring (bicyclic) bond motifs is 1. The van der Waals surface area contributed by atoms with Crippen molar-refractivity contribution in [1.29, 1.82) is 0 Å². The van der Waals surface area contributed by atoms with E-state index in [4.69, 9.17) is 21.9 Å². The highest BCUT2D eigenvalue weighted by molar-refractivity contribution is 7.86. The van der Waals surface area contributed by atoms with Crippen LogP contribution < -0.4 is 16.0 Å². The molecule has 26 heteroatoms. The van der Waals surface area contributed by atoms with Crippen LogP contribution in [0.3, 0.4) is 0 Å². The second kappa shape index (κ2) is 12.9. The number of aromatic nitrogens is 3. The molecule has 4 rings (SSSR count). The fourth-order valence-corrected chi connectivity index (χ4v) is 6.46. The van der Waals surface area contributed by atoms with Crippen molar-refractivity contribution in [2.75, 3.05) is 35.3 Å². The normalized spacial score (nSPS) is 12.9. The minimum Gasteiger partial charge on any atom is -0.507 e. The molecule has 0 aliphatic carbocycles. The van der Waals surface area contributed by atoms with Crippen LogP contribution in [0.5, 0.6) is 5.75 Å². The van der Waals surface area contributed by atoms with Gasteiger partial charge in [0.15, 0.2) is 0 Å². The lowest BCUT2D eigenvalue weighted by molar-refractivity contribution is 0.471. The molecule has 48 heavy (non-hydrogen) atoms. The van der Waals surface area contributed by atoms with Crippen LogP contribution in [0.15, 0.2) is 61.3 Å². The van der Waals surface area contributed by atoms with Crippen molar-refractivity contribution >= 4 is 97.5 Å². The van der Waals surface area contributed by atoms with Crippen molar-refractivity contribution in [2.24, 2.45) is 10.2 Å². The van der Waals surface area contributed by atoms with Crippen LogP contribution in [0.1, 0.15) is 0 Å². The molecule has 0 spiro atoms. The zero-order valence-corrected chi connectivity index (χ0v) is 27.7. The molecule has 21 nitrogen and oxygen atoms in total. The topological polar surface area (TPSA) is 342 Å². The number of nitrogens with zero attached hydrogens (tertiary/aromatic N) is 6. The summed E-state index contributed by atoms with van der Waals surface area (Å²) in [4.78, 5) is 10.1. The van der Waals surface area contributed by atoms with E-state index in [2.05, 4.69) is 30.5 Å². The summed E-state index contributed by atoms with van der Waals surface area (Å²) < 4.78 is 132. The molecule has 0 fully saturated rings. The molecule has 0 aliphatic rings. The van der Waals surface area contributed by atoms with E-state index >= 15 is 0 Å². The first-order valence-electron chi connectivity index (χ1n) is 12.4. The number of rotatable bonds is 11. The molecular formula is C22H21ClN8O13S4. The monoisotopic (exact) mass is 768 g/mol. The van der Waals surface area contributed by atoms with E-state index in [-0.39, 0.29) is 29.4 Å². The summed E-state index contributed by atoms with van der Waals surface area (Å²) in [7, 11) is -18.1. The maximum absolute atomic E-state index is 12.3. The number of nitrogen functional groups attached to an aromatic ring is 1. The first-order valence-corrected chi connectivity index (χ1v) is 18.7. The molecule has 0 atom stereocenters. The molecule has 258 valence electrons. The number of hydrogen-bond donors (Lipinski definition) is 7. The fraction of sp³-hybridized carbons (Fsp3) is 0.136. The van der Waals surface area contributed by atoms with Crippen LogP contribution in [0.25, 0.3) is 10.8 Å². The van der Waals surface area contributed by atoms with Gasteiger partial charge in [-0.1, -0.05) is 0 Å². The zero-order valence-electron chi connectivity index (χ0n) is 23.7. The summed E-state index contributed by atoms with van der Waals surface area (Å²) in [6, 6.07) is 5.02. The second-order valence-electron chi connectivity index (χ2n) is 9.55. The Kier molecular flexibility index (Phi) is 9.83. The van der Waals surface area contributed by atoms with Crippen molar-refractivity contribution in [2.45, 2.75) is 14.7 Å². The molecule has 0 aliphatic heterocycles. The quantitative estimate of drug-likeness (QED) is 0.0653. The molecule has 0 saturated heterocycles. The van der Waals surface area contributed by atoms with Crippen molar-refractivity contribution in [3.05, 3.63) is 41.7 Å². The lowest BCUT2D eigenvalue weighted by atomic mass is 10.1. The van der Waals surface area contributed by atoms with Gasteiger partial charge in [-0.15, -0.1) is 10.2 Å². The summed E-state index contributed by atoms with van der Waals surface area (Å²) in [5.74, 6) is -1.99. The predicted octanol–water partition coefficient (Wildman–Crippen LogP) is 2.19. The van der Waals surface area contributed by atoms with Gasteiger partial charge in [-0.3, -0.25) is 18.2 Å². The number of aromatic hydroxyl groups is 1. The van der Waals surface area contributed by atoms with Crippen LogP contribution in [-0.2, 0) is 40.5 Å². The van der Waals surface area contributed by atoms with Crippen LogP contribution in [0.2, 0.25) is 5.28 Å². The number of nitrogens with two attached hydrogens (primary N) is 1. The van der Waals surface area contributed by atoms with Gasteiger partial charge in [0.1, 0.15) is 26.9 Å². The smallest absolute Gasteiger partial charge is 0.296 e. The molecule has 3 aromatic carbocycles. The number of benzene rings is 3. The summed E-state index contributed by atoms with van der Waals surface area (Å²) in [5.41, 5.74) is 3.72. The van der Waals surface area contributed by atoms with Crippen molar-refractivity contribution < 1.29 is 57.0 Å². The Morgan fingerprint density at radius 3 is 2.08 bits per heavy atom. The minimum absolute atomic E-state index is 0.0934. The third-order valence-electron chi connectivity index (χ3n) is 6.12. The van der Waals surface area contributed by atoms with Crippen LogP contribution in [0, 0.1) is 0 Å². The molecule has 0 unspecified atom stereocenters. The highest BCUT2D eigenvalue weighted by atomic mass is 35.5. The van der Waals surface area contributed by atoms with E-state index < -0.39 is 94.5 Å². The number of azo groups is 1. The minimum atomic E-state index is -5.11. The summed E-state index contributed by atoms with van der Waals surface area (Å²) in [6.07, 6.45) is 0. The molecule has 0 saturated carbocycles. The zero-order chi connectivity index (χ0) is 36.0. The Hall–Kier alpha value is -4.34. The standard InChI is InChI=1S/C22H21ClN8O13S4/c1-31(4-5-45(33,34)35)22-27-20(23)26-21(28-22)25-11-2-3-13(15(8-11)47(39,40)41)29-30-19-17-10(7-16(18(19)24)48(42,43)44)6-12(9-14(17)32)46(36,37)38/h2-3,6-9,32H,4-5,24H2,1H3,(H,33,34,35)(H,36,37,38)(H,39,40,41)(H,42,43,44)(H,25,26,27,28). The van der Waals surface area contributed by atoms with Gasteiger partial charge in [-0.05, 0) is 47.3 Å². The van der Waals surface area contributed by atoms with Crippen molar-refractivity contribution in [3.8, 4) is 5.75 Å². The van der Waals surface area contributed by atoms with Crippen LogP contribution in [0.4, 0.5) is 34.6 Å². The van der Waals surface area contributed by atoms with E-state index in [1.165, 1.54) is 18.0 Å². The summed E-state index contributed by atoms with van der Waals surface area (Å²) in [5, 5.41) is 19.4. The van der Waals surface area contributed by atoms with Crippen molar-refractivity contribution in [3.63, 3.8) is 0 Å². The van der Waals surface area contributed by atoms with E-state index in [0.717, 1.165) is 18.2 Å². The SMILES string of the molecule is CN(CCS(=O)(=O)O)c1nc(Cl)nc(Nc2ccc(N=Nc3c(N)c(S(=O)(=O)O)cc4cc(S(=O)(=O)O)cc(O)c34)c(S(=O)(=O)O)c2)n1. The highest BCUT2D eigenvalue weighted by Crippen LogP contribution is 2.44. The third kappa shape index (κ3) is 8.57. The average Bonchev–Trinajstić information content (AvgIpc) is 2.93. The Bertz CT molecular complexity index is 2450. The van der Waals surface area contributed by atoms with Gasteiger partial charge in [0, 0.05) is 25.3 Å². The molecule has 1 aromatic heterocycles. The first-order chi connectivity index (χ1) is 21.9. The molecule has 0 amide bonds. The largest absolute Gasteiger partial charge is 0.507 e. The first kappa shape index (κ1) is 36.5. The molecule has 0 bridgehead atoms. The second-order valence-corrected chi connectivity index (χ2v) is 15.7. The van der Waals surface area contributed by atoms with Crippen LogP contribution in [-0.4, -0.2) is 91.3 Å². The summed E-state index contributed by atoms with van der Waals surface area (Å²) >= 11 is 5.93. The van der Waals surface area contributed by atoms with Gasteiger partial charge >= 0.3 is 0 Å². The Morgan fingerprint density at radius 1 is 0.854 bits per heavy atom. The van der Waals surface area contributed by atoms with E-state index in [9.17, 15) is 52.4 Å². The Labute approximate surface area is 276 Å². The number of phenols is 1. The van der Waals surface area contributed by atoms with Gasteiger partial charge in [0.2, 0.25) is 17.2 Å². The highest BCUT2D eigenvalue weighted by Gasteiger charge is 2.25. The number of hydrogen-bond acceptors (Lipinski definition) is 17. The Morgan fingerprint density at radius 2 is 1.50 bits per heavy atom. The molecule has 8 N–H and O–H groups in total. The van der Waals surface area contributed by atoms with Gasteiger partial charge in [-0.25, -0.2) is 0 Å². The lowest BCUT2D eigenvalue weighted by Gasteiger charge is -2.17. The van der Waals surface area contributed by atoms with Gasteiger partial charge in [0.05, 0.1) is 21.7 Å². The van der Waals surface area contributed by atoms with Crippen LogP contribution >= 0.6 is 11.6 Å². The Balaban J connectivity index is 1.80. The number of anilines is 4. The average molecular weight is 769 g/mol. The fourth-order valence-electron chi connectivity index (χ4n) is 3.96. The predicted molar refractivity (Wildman–Crippen MR) is 168 cm³/mol. The molecular weight excluding hydrogens is 748 g/mol. The maximum atomic E-state index is 12.3. The van der Waals surface area contributed by atoms with E-state index in [0.29, 0.717) is 12.1 Å². The molecule has 4 aromatic rings. The van der Waals surface area contributed by atoms with E-state index in [1.54, 1.807) is 0 Å². The van der Waals surface area contributed by atoms with Gasteiger partial charge in [-0.2, -0.15) is 48.6 Å². The number of halogens is 1. The van der Waals surface area contributed by atoms with E-state index in [1.807, 2.05) is 0 Å². The van der Waals surface area contributed by atoms with Gasteiger partial charge in [0.25, 0.3) is 40.5 Å². The lowest BCUT2D eigenvalue weighted by Crippen LogP contribution is -2.27. The number of phenolic OH excluding ortho intramolecular Hbond substituents is 1. The molecule has 0 radical (unpaired) electrons. The van der Waals surface area contributed by atoms with Crippen molar-refractivity contribution in [1.82, 2.24) is 15.0 Å². The maximum Gasteiger partial charge on any atom is 0.296 e. The number of nitrogens with one attached hydrogen (secondary N) is 1. The molecule has 1 heterocycles. The van der Waals surface area contributed by atoms with Gasteiger partial charge < -0.3 is 21.1 Å². The summed E-state index contributed by atoms with van der Waals surface area (Å²) in [6.45, 7) is -0.252.